The standard InChI is InChI=1S/C53H65ClN8O6/c1-6-7-8-15-28-61(51(65)67-34-44-42-20-13-11-18-40(42)41-19-12-14-21-43(41)44)30-27-57-49(63)38-24-22-36(23-25-38)26-29-62(52(66)68-53(3,4)5)33-37(31-39-17-10-9-16-35(39)2)32-58-50(64)45-47(55)60-48(56)46(54)59-45/h9-14,16-25,37,44H,6-8,15,26-34H2,1-5H3,(H,57,63)(H,58,64)(H4,55,56,60)/t37-/m0/s1. The van der Waals surface area contributed by atoms with Gasteiger partial charge in [-0.2, -0.15) is 0 Å². The Bertz CT molecular complexity index is 2480. The molecule has 6 N–H and O–H groups in total. The van der Waals surface area contributed by atoms with E-state index in [1.54, 1.807) is 21.9 Å². The minimum Gasteiger partial charge on any atom is -0.448 e. The number of carbonyl (C=O) groups is 4. The topological polar surface area (TPSA) is 195 Å². The molecule has 0 aliphatic heterocycles. The molecule has 0 spiro atoms. The molecule has 0 bridgehead atoms. The van der Waals surface area contributed by atoms with Crippen LogP contribution in [-0.2, 0) is 22.3 Å². The van der Waals surface area contributed by atoms with Crippen LogP contribution in [0.3, 0.4) is 0 Å². The number of aryl methyl sites for hydroxylation is 1. The summed E-state index contributed by atoms with van der Waals surface area (Å²) in [7, 11) is 0. The predicted octanol–water partition coefficient (Wildman–Crippen LogP) is 9.23. The van der Waals surface area contributed by atoms with E-state index in [0.717, 1.165) is 53.5 Å². The average molecular weight is 946 g/mol. The molecule has 360 valence electrons. The van der Waals surface area contributed by atoms with Crippen molar-refractivity contribution in [1.82, 2.24) is 30.4 Å². The molecule has 1 heterocycles. The first-order valence-corrected chi connectivity index (χ1v) is 23.9. The number of amides is 4. The summed E-state index contributed by atoms with van der Waals surface area (Å²) in [6.45, 7) is 11.6. The minimum atomic E-state index is -0.754. The first-order valence-electron chi connectivity index (χ1n) is 23.5. The van der Waals surface area contributed by atoms with Crippen molar-refractivity contribution in [3.05, 3.63) is 141 Å². The van der Waals surface area contributed by atoms with Crippen LogP contribution in [0.1, 0.15) is 108 Å². The number of halogens is 1. The molecule has 0 radical (unpaired) electrons. The Morgan fingerprint density at radius 3 is 2.07 bits per heavy atom. The van der Waals surface area contributed by atoms with Crippen LogP contribution in [0.15, 0.2) is 97.1 Å². The molecule has 14 nitrogen and oxygen atoms in total. The van der Waals surface area contributed by atoms with E-state index >= 15 is 0 Å². The minimum absolute atomic E-state index is 0.0458. The van der Waals surface area contributed by atoms with Gasteiger partial charge in [0, 0.05) is 50.7 Å². The summed E-state index contributed by atoms with van der Waals surface area (Å²) in [4.78, 5) is 65.4. The van der Waals surface area contributed by atoms with E-state index in [4.69, 9.17) is 32.5 Å². The van der Waals surface area contributed by atoms with Crippen LogP contribution in [0, 0.1) is 12.8 Å². The molecule has 68 heavy (non-hydrogen) atoms. The quantitative estimate of drug-likeness (QED) is 0.0515. The van der Waals surface area contributed by atoms with E-state index in [-0.39, 0.29) is 66.5 Å². The zero-order valence-corrected chi connectivity index (χ0v) is 40.6. The predicted molar refractivity (Wildman–Crippen MR) is 268 cm³/mol. The number of hydrogen-bond acceptors (Lipinski definition) is 10. The number of anilines is 2. The summed E-state index contributed by atoms with van der Waals surface area (Å²) in [5.74, 6) is -1.37. The highest BCUT2D eigenvalue weighted by Crippen LogP contribution is 2.44. The van der Waals surface area contributed by atoms with Crippen molar-refractivity contribution in [2.45, 2.75) is 84.7 Å². The van der Waals surface area contributed by atoms with E-state index in [1.165, 1.54) is 11.1 Å². The molecular weight excluding hydrogens is 880 g/mol. The molecule has 1 atom stereocenters. The Kier molecular flexibility index (Phi) is 17.8. The molecule has 0 unspecified atom stereocenters. The van der Waals surface area contributed by atoms with Crippen LogP contribution < -0.4 is 22.1 Å². The van der Waals surface area contributed by atoms with Gasteiger partial charge in [0.15, 0.2) is 22.5 Å². The Hall–Kier alpha value is -6.67. The molecule has 1 aromatic heterocycles. The summed E-state index contributed by atoms with van der Waals surface area (Å²) in [6.07, 6.45) is 4.12. The lowest BCUT2D eigenvalue weighted by molar-refractivity contribution is 0.0222. The number of nitrogens with one attached hydrogen (secondary N) is 2. The van der Waals surface area contributed by atoms with Crippen molar-refractivity contribution in [2.75, 3.05) is 57.3 Å². The van der Waals surface area contributed by atoms with Crippen molar-refractivity contribution in [3.63, 3.8) is 0 Å². The maximum atomic E-state index is 13.8. The van der Waals surface area contributed by atoms with E-state index < -0.39 is 23.7 Å². The fourth-order valence-electron chi connectivity index (χ4n) is 8.38. The molecule has 15 heteroatoms. The number of nitrogens with zero attached hydrogens (tertiary/aromatic N) is 4. The molecule has 0 saturated heterocycles. The molecule has 4 aromatic carbocycles. The number of unbranched alkanes of at least 4 members (excludes halogenated alkanes) is 3. The Labute approximate surface area is 405 Å². The van der Waals surface area contributed by atoms with Crippen molar-refractivity contribution >= 4 is 47.2 Å². The molecule has 6 rings (SSSR count). The molecule has 4 amide bonds. The van der Waals surface area contributed by atoms with Gasteiger partial charge >= 0.3 is 12.2 Å². The summed E-state index contributed by atoms with van der Waals surface area (Å²) in [5, 5.41) is 5.76. The van der Waals surface area contributed by atoms with Gasteiger partial charge in [-0.25, -0.2) is 19.6 Å². The van der Waals surface area contributed by atoms with Gasteiger partial charge < -0.3 is 41.4 Å². The van der Waals surface area contributed by atoms with Crippen LogP contribution in [0.4, 0.5) is 21.2 Å². The smallest absolute Gasteiger partial charge is 0.410 e. The van der Waals surface area contributed by atoms with Gasteiger partial charge in [-0.05, 0) is 104 Å². The van der Waals surface area contributed by atoms with Gasteiger partial charge in [-0.1, -0.05) is 123 Å². The highest BCUT2D eigenvalue weighted by atomic mass is 35.5. The second-order valence-corrected chi connectivity index (χ2v) is 18.7. The zero-order valence-electron chi connectivity index (χ0n) is 39.9. The number of aromatic nitrogens is 2. The van der Waals surface area contributed by atoms with Gasteiger partial charge in [0.2, 0.25) is 0 Å². The second-order valence-electron chi connectivity index (χ2n) is 18.3. The molecule has 1 aliphatic rings. The number of carbonyl (C=O) groups excluding carboxylic acids is 4. The maximum Gasteiger partial charge on any atom is 0.410 e. The summed E-state index contributed by atoms with van der Waals surface area (Å²) >= 11 is 6.06. The molecule has 5 aromatic rings. The fraction of sp³-hybridized carbons (Fsp3) is 0.396. The number of fused-ring (bicyclic) bond motifs is 3. The molecular formula is C53H65ClN8O6. The van der Waals surface area contributed by atoms with Gasteiger partial charge in [-0.15, -0.1) is 0 Å². The van der Waals surface area contributed by atoms with Gasteiger partial charge in [0.25, 0.3) is 11.8 Å². The third-order valence-corrected chi connectivity index (χ3v) is 12.3. The number of rotatable bonds is 21. The van der Waals surface area contributed by atoms with Crippen LogP contribution in [0.2, 0.25) is 5.15 Å². The van der Waals surface area contributed by atoms with E-state index in [2.05, 4.69) is 51.8 Å². The van der Waals surface area contributed by atoms with Crippen molar-refractivity contribution in [3.8, 4) is 11.1 Å². The number of ether oxygens (including phenoxy) is 2. The number of benzene rings is 4. The summed E-state index contributed by atoms with van der Waals surface area (Å²) in [6, 6.07) is 31.7. The van der Waals surface area contributed by atoms with Gasteiger partial charge in [0.1, 0.15) is 12.2 Å². The lowest BCUT2D eigenvalue weighted by atomic mass is 9.95. The van der Waals surface area contributed by atoms with E-state index in [9.17, 15) is 19.2 Å². The number of nitrogens with two attached hydrogens (primary N) is 2. The average Bonchev–Trinajstić information content (AvgIpc) is 3.63. The fourth-order valence-corrected chi connectivity index (χ4v) is 8.51. The maximum absolute atomic E-state index is 13.8. The van der Waals surface area contributed by atoms with Crippen molar-refractivity contribution < 1.29 is 28.7 Å². The number of hydrogen-bond donors (Lipinski definition) is 4. The van der Waals surface area contributed by atoms with Crippen molar-refractivity contribution in [2.24, 2.45) is 5.92 Å². The highest BCUT2D eigenvalue weighted by molar-refractivity contribution is 6.31. The first-order chi connectivity index (χ1) is 32.6. The summed E-state index contributed by atoms with van der Waals surface area (Å²) in [5.41, 5.74) is 19.0. The molecule has 0 saturated carbocycles. The zero-order chi connectivity index (χ0) is 48.8. The Morgan fingerprint density at radius 1 is 0.750 bits per heavy atom. The number of nitrogen functional groups attached to an aromatic ring is 2. The van der Waals surface area contributed by atoms with Crippen LogP contribution in [0.25, 0.3) is 11.1 Å². The lowest BCUT2D eigenvalue weighted by Gasteiger charge is -2.31. The lowest BCUT2D eigenvalue weighted by Crippen LogP contribution is -2.44. The van der Waals surface area contributed by atoms with Crippen LogP contribution in [0.5, 0.6) is 0 Å². The van der Waals surface area contributed by atoms with Gasteiger partial charge in [-0.3, -0.25) is 9.59 Å². The molecule has 1 aliphatic carbocycles. The Morgan fingerprint density at radius 2 is 1.41 bits per heavy atom. The third kappa shape index (κ3) is 13.9. The first kappa shape index (κ1) is 50.7. The second kappa shape index (κ2) is 23.9. The Balaban J connectivity index is 1.07. The van der Waals surface area contributed by atoms with Crippen molar-refractivity contribution in [1.29, 1.82) is 0 Å². The molecule has 0 fully saturated rings. The summed E-state index contributed by atoms with van der Waals surface area (Å²) < 4.78 is 11.9. The van der Waals surface area contributed by atoms with Gasteiger partial charge in [0.05, 0.1) is 0 Å². The normalized spacial score (nSPS) is 12.4. The van der Waals surface area contributed by atoms with Crippen LogP contribution >= 0.6 is 11.6 Å². The highest BCUT2D eigenvalue weighted by Gasteiger charge is 2.30. The van der Waals surface area contributed by atoms with E-state index in [0.29, 0.717) is 38.0 Å². The monoisotopic (exact) mass is 944 g/mol. The van der Waals surface area contributed by atoms with Crippen LogP contribution in [-0.4, -0.2) is 95.2 Å². The third-order valence-electron chi connectivity index (χ3n) is 12.0. The van der Waals surface area contributed by atoms with E-state index in [1.807, 2.05) is 88.4 Å². The SMILES string of the molecule is CCCCCCN(CCNC(=O)c1ccc(CCN(C[C@H](CNC(=O)c2nc(Cl)c(N)nc2N)Cc2ccccc2C)C(=O)OC(C)(C)C)cc1)C(=O)OCC1c2ccccc2-c2ccccc21. The largest absolute Gasteiger partial charge is 0.448 e.